The quantitative estimate of drug-likeness (QED) is 0.469. The summed E-state index contributed by atoms with van der Waals surface area (Å²) in [5, 5.41) is 6.64. The molecule has 6 nitrogen and oxygen atoms in total. The van der Waals surface area contributed by atoms with Crippen LogP contribution in [0.3, 0.4) is 0 Å². The number of H-pyrrole nitrogens is 1. The number of aromatic nitrogens is 1. The number of aryl methyl sites for hydroxylation is 2. The Morgan fingerprint density at radius 1 is 1.00 bits per heavy atom. The van der Waals surface area contributed by atoms with Crippen molar-refractivity contribution in [3.63, 3.8) is 0 Å². The van der Waals surface area contributed by atoms with Crippen molar-refractivity contribution >= 4 is 28.4 Å². The van der Waals surface area contributed by atoms with Gasteiger partial charge in [0.25, 0.3) is 11.8 Å². The van der Waals surface area contributed by atoms with Gasteiger partial charge in [0.05, 0.1) is 24.1 Å². The Kier molecular flexibility index (Phi) is 4.91. The van der Waals surface area contributed by atoms with Gasteiger partial charge < -0.3 is 20.0 Å². The van der Waals surface area contributed by atoms with Gasteiger partial charge in [-0.15, -0.1) is 0 Å². The smallest absolute Gasteiger partial charge is 0.272 e. The maximum absolute atomic E-state index is 12.8. The summed E-state index contributed by atoms with van der Waals surface area (Å²) in [6.07, 6.45) is 1.55. The minimum Gasteiger partial charge on any atom is -0.467 e. The molecule has 4 aromatic rings. The zero-order chi connectivity index (χ0) is 20.4. The van der Waals surface area contributed by atoms with Crippen LogP contribution in [0.1, 0.15) is 37.7 Å². The highest BCUT2D eigenvalue weighted by molar-refractivity contribution is 6.10. The second-order valence-electron chi connectivity index (χ2n) is 6.99. The Labute approximate surface area is 167 Å². The molecule has 2 amide bonds. The van der Waals surface area contributed by atoms with Gasteiger partial charge in [-0.1, -0.05) is 18.2 Å². The van der Waals surface area contributed by atoms with Gasteiger partial charge in [0, 0.05) is 10.9 Å². The second kappa shape index (κ2) is 7.67. The van der Waals surface area contributed by atoms with E-state index in [4.69, 9.17) is 4.42 Å². The highest BCUT2D eigenvalue weighted by Crippen LogP contribution is 2.23. The number of nitrogens with one attached hydrogen (secondary N) is 3. The molecular formula is C23H21N3O3. The molecule has 0 atom stereocenters. The van der Waals surface area contributed by atoms with Crippen LogP contribution >= 0.6 is 0 Å². The lowest BCUT2D eigenvalue weighted by molar-refractivity contribution is 0.0949. The maximum Gasteiger partial charge on any atom is 0.272 e. The monoisotopic (exact) mass is 387 g/mol. The zero-order valence-corrected chi connectivity index (χ0v) is 16.2. The molecular weight excluding hydrogens is 366 g/mol. The van der Waals surface area contributed by atoms with Gasteiger partial charge in [0.2, 0.25) is 0 Å². The van der Waals surface area contributed by atoms with Crippen molar-refractivity contribution in [2.45, 2.75) is 20.4 Å². The predicted octanol–water partition coefficient (Wildman–Crippen LogP) is 4.56. The minimum atomic E-state index is -0.301. The van der Waals surface area contributed by atoms with E-state index in [1.54, 1.807) is 42.7 Å². The molecule has 2 aromatic heterocycles. The molecule has 146 valence electrons. The summed E-state index contributed by atoms with van der Waals surface area (Å²) in [6, 6.07) is 16.4. The lowest BCUT2D eigenvalue weighted by atomic mass is 10.1. The number of benzene rings is 2. The Hall–Kier alpha value is -3.80. The number of carbonyl (C=O) groups is 2. The fraction of sp³-hybridized carbons (Fsp3) is 0.130. The molecule has 0 saturated carbocycles. The van der Waals surface area contributed by atoms with Crippen molar-refractivity contribution in [3.05, 3.63) is 89.0 Å². The molecule has 0 aliphatic rings. The van der Waals surface area contributed by atoms with Gasteiger partial charge >= 0.3 is 0 Å². The van der Waals surface area contributed by atoms with E-state index in [2.05, 4.69) is 21.7 Å². The van der Waals surface area contributed by atoms with Crippen molar-refractivity contribution < 1.29 is 14.0 Å². The van der Waals surface area contributed by atoms with E-state index >= 15 is 0 Å². The van der Waals surface area contributed by atoms with Crippen molar-refractivity contribution in [2.75, 3.05) is 5.32 Å². The summed E-state index contributed by atoms with van der Waals surface area (Å²) in [5.41, 5.74) is 4.42. The van der Waals surface area contributed by atoms with Crippen molar-refractivity contribution in [1.82, 2.24) is 10.3 Å². The zero-order valence-electron chi connectivity index (χ0n) is 16.2. The Morgan fingerprint density at radius 3 is 2.62 bits per heavy atom. The van der Waals surface area contributed by atoms with E-state index in [0.717, 1.165) is 22.0 Å². The van der Waals surface area contributed by atoms with Gasteiger partial charge in [0.15, 0.2) is 0 Å². The second-order valence-corrected chi connectivity index (χ2v) is 6.99. The molecule has 0 aliphatic carbocycles. The van der Waals surface area contributed by atoms with Crippen LogP contribution in [0.2, 0.25) is 0 Å². The van der Waals surface area contributed by atoms with E-state index in [1.807, 2.05) is 26.0 Å². The molecule has 0 unspecified atom stereocenters. The SMILES string of the molecule is Cc1cc(C)c2cc(C(=O)Nc3ccccc3C(=O)NCc3ccco3)[nH]c2c1. The molecule has 29 heavy (non-hydrogen) atoms. The van der Waals surface area contributed by atoms with Crippen LogP contribution in [0, 0.1) is 13.8 Å². The van der Waals surface area contributed by atoms with Crippen molar-refractivity contribution in [3.8, 4) is 0 Å². The van der Waals surface area contributed by atoms with Gasteiger partial charge in [-0.25, -0.2) is 0 Å². The number of fused-ring (bicyclic) bond motifs is 1. The summed E-state index contributed by atoms with van der Waals surface area (Å²) in [4.78, 5) is 28.6. The average molecular weight is 387 g/mol. The van der Waals surface area contributed by atoms with E-state index in [0.29, 0.717) is 22.7 Å². The Balaban J connectivity index is 1.54. The molecule has 0 fully saturated rings. The number of para-hydroxylation sites is 1. The number of aromatic amines is 1. The Bertz CT molecular complexity index is 1190. The summed E-state index contributed by atoms with van der Waals surface area (Å²) < 4.78 is 5.23. The van der Waals surface area contributed by atoms with Crippen LogP contribution in [-0.4, -0.2) is 16.8 Å². The third-order valence-corrected chi connectivity index (χ3v) is 4.76. The van der Waals surface area contributed by atoms with Crippen LogP contribution in [-0.2, 0) is 6.54 Å². The van der Waals surface area contributed by atoms with E-state index in [-0.39, 0.29) is 18.4 Å². The lowest BCUT2D eigenvalue weighted by Crippen LogP contribution is -2.24. The molecule has 0 saturated heterocycles. The highest BCUT2D eigenvalue weighted by atomic mass is 16.3. The number of carbonyl (C=O) groups excluding carboxylic acids is 2. The molecule has 0 bridgehead atoms. The largest absolute Gasteiger partial charge is 0.467 e. The molecule has 0 radical (unpaired) electrons. The van der Waals surface area contributed by atoms with Gasteiger partial charge in [-0.3, -0.25) is 9.59 Å². The van der Waals surface area contributed by atoms with Crippen molar-refractivity contribution in [1.29, 1.82) is 0 Å². The van der Waals surface area contributed by atoms with E-state index in [1.165, 1.54) is 0 Å². The van der Waals surface area contributed by atoms with Gasteiger partial charge in [-0.2, -0.15) is 0 Å². The number of hydrogen-bond acceptors (Lipinski definition) is 3. The average Bonchev–Trinajstić information content (AvgIpc) is 3.36. The number of anilines is 1. The van der Waals surface area contributed by atoms with Crippen LogP contribution in [0.25, 0.3) is 10.9 Å². The fourth-order valence-corrected chi connectivity index (χ4v) is 3.38. The van der Waals surface area contributed by atoms with Crippen LogP contribution in [0.15, 0.2) is 65.3 Å². The predicted molar refractivity (Wildman–Crippen MR) is 112 cm³/mol. The lowest BCUT2D eigenvalue weighted by Gasteiger charge is -2.10. The number of amides is 2. The van der Waals surface area contributed by atoms with Gasteiger partial charge in [-0.05, 0) is 61.4 Å². The topological polar surface area (TPSA) is 87.1 Å². The number of rotatable bonds is 5. The third-order valence-electron chi connectivity index (χ3n) is 4.76. The van der Waals surface area contributed by atoms with E-state index < -0.39 is 0 Å². The summed E-state index contributed by atoms with van der Waals surface area (Å²) >= 11 is 0. The summed E-state index contributed by atoms with van der Waals surface area (Å²) in [6.45, 7) is 4.31. The van der Waals surface area contributed by atoms with Crippen molar-refractivity contribution in [2.24, 2.45) is 0 Å². The molecule has 0 spiro atoms. The minimum absolute atomic E-state index is 0.273. The normalized spacial score (nSPS) is 10.8. The first-order valence-corrected chi connectivity index (χ1v) is 9.32. The van der Waals surface area contributed by atoms with Crippen LogP contribution < -0.4 is 10.6 Å². The first-order chi connectivity index (χ1) is 14.0. The summed E-state index contributed by atoms with van der Waals surface area (Å²) in [5.74, 6) is 0.0635. The molecule has 2 heterocycles. The molecule has 4 rings (SSSR count). The Morgan fingerprint density at radius 2 is 1.83 bits per heavy atom. The standard InChI is InChI=1S/C23H21N3O3/c1-14-10-15(2)18-12-21(25-20(18)11-14)23(28)26-19-8-4-3-7-17(19)22(27)24-13-16-6-5-9-29-16/h3-12,25H,13H2,1-2H3,(H,24,27)(H,26,28). The van der Waals surface area contributed by atoms with Crippen LogP contribution in [0.5, 0.6) is 0 Å². The summed E-state index contributed by atoms with van der Waals surface area (Å²) in [7, 11) is 0. The number of furan rings is 1. The maximum atomic E-state index is 12.8. The first kappa shape index (κ1) is 18.6. The molecule has 6 heteroatoms. The number of hydrogen-bond donors (Lipinski definition) is 3. The van der Waals surface area contributed by atoms with E-state index in [9.17, 15) is 9.59 Å². The highest BCUT2D eigenvalue weighted by Gasteiger charge is 2.16. The molecule has 0 aliphatic heterocycles. The molecule has 2 aromatic carbocycles. The van der Waals surface area contributed by atoms with Gasteiger partial charge in [0.1, 0.15) is 11.5 Å². The first-order valence-electron chi connectivity index (χ1n) is 9.32. The van der Waals surface area contributed by atoms with Crippen LogP contribution in [0.4, 0.5) is 5.69 Å². The fourth-order valence-electron chi connectivity index (χ4n) is 3.38. The molecule has 3 N–H and O–H groups in total. The third kappa shape index (κ3) is 3.91.